The summed E-state index contributed by atoms with van der Waals surface area (Å²) in [6.07, 6.45) is 3.48. The molecule has 1 aromatic carbocycles. The molecule has 0 aliphatic carbocycles. The van der Waals surface area contributed by atoms with Crippen molar-refractivity contribution in [2.45, 2.75) is 32.7 Å². The maximum atomic E-state index is 15.8. The summed E-state index contributed by atoms with van der Waals surface area (Å²) >= 11 is 0. The number of allylic oxidation sites excluding steroid dienone is 1. The van der Waals surface area contributed by atoms with E-state index < -0.39 is 5.82 Å². The molecule has 3 heterocycles. The quantitative estimate of drug-likeness (QED) is 0.750. The predicted octanol–water partition coefficient (Wildman–Crippen LogP) is 3.43. The van der Waals surface area contributed by atoms with Gasteiger partial charge in [-0.2, -0.15) is 4.98 Å². The first kappa shape index (κ1) is 20.5. The minimum absolute atomic E-state index is 0.205. The number of anilines is 3. The van der Waals surface area contributed by atoms with E-state index in [0.717, 1.165) is 17.7 Å². The van der Waals surface area contributed by atoms with E-state index in [1.165, 1.54) is 0 Å². The van der Waals surface area contributed by atoms with Crippen LogP contribution >= 0.6 is 0 Å². The van der Waals surface area contributed by atoms with Gasteiger partial charge >= 0.3 is 0 Å². The van der Waals surface area contributed by atoms with Crippen molar-refractivity contribution in [1.29, 1.82) is 0 Å². The third kappa shape index (κ3) is 4.07. The molecule has 30 heavy (non-hydrogen) atoms. The Morgan fingerprint density at radius 2 is 2.03 bits per heavy atom. The molecule has 9 heteroatoms. The van der Waals surface area contributed by atoms with Gasteiger partial charge in [-0.05, 0) is 31.4 Å². The fourth-order valence-corrected chi connectivity index (χ4v) is 3.67. The maximum absolute atomic E-state index is 15.8. The monoisotopic (exact) mass is 409 g/mol. The van der Waals surface area contributed by atoms with Crippen LogP contribution < -0.4 is 20.1 Å². The highest BCUT2D eigenvalue weighted by atomic mass is 19.1. The molecule has 2 aliphatic heterocycles. The molecule has 1 atom stereocenters. The Bertz CT molecular complexity index is 984. The lowest BCUT2D eigenvalue weighted by atomic mass is 9.96. The molecule has 1 aromatic heterocycles. The third-order valence-electron chi connectivity index (χ3n) is 5.39. The van der Waals surface area contributed by atoms with Gasteiger partial charge in [0.15, 0.2) is 25.3 Å². The van der Waals surface area contributed by atoms with Crippen molar-refractivity contribution in [2.24, 2.45) is 0 Å². The summed E-state index contributed by atoms with van der Waals surface area (Å²) in [5.74, 6) is 1.48. The average molecular weight is 409 g/mol. The summed E-state index contributed by atoms with van der Waals surface area (Å²) in [5.41, 5.74) is 2.28. The summed E-state index contributed by atoms with van der Waals surface area (Å²) in [6.45, 7) is 5.25. The van der Waals surface area contributed by atoms with E-state index in [-0.39, 0.29) is 11.7 Å². The molecule has 156 valence electrons. The highest BCUT2D eigenvalue weighted by Crippen LogP contribution is 2.45. The third-order valence-corrected chi connectivity index (χ3v) is 5.39. The number of halogens is 1. The second-order valence-electron chi connectivity index (χ2n) is 7.54. The fourth-order valence-electron chi connectivity index (χ4n) is 3.67. The zero-order valence-electron chi connectivity index (χ0n) is 17.5. The van der Waals surface area contributed by atoms with E-state index in [0.29, 0.717) is 55.0 Å². The van der Waals surface area contributed by atoms with Crippen LogP contribution in [-0.2, 0) is 0 Å². The SMILES string of the molecule is [B]N1CC=C(c2c(F)c(Nc3nc(C)cc(NC)n3)cc3c2OCCO3)CCC1C. The summed E-state index contributed by atoms with van der Waals surface area (Å²) in [6, 6.07) is 3.62. The number of ether oxygens (including phenoxy) is 2. The average Bonchev–Trinajstić information content (AvgIpc) is 2.90. The standard InChI is InChI=1S/C21H25BFN5O2/c1-12-10-17(24-3)27-21(25-12)26-15-11-16-20(30-9-8-29-16)18(19(15)23)14-5-4-13(2)28(22)7-6-14/h6,10-11,13H,4-5,7-9H2,1-3H3,(H2,24,25,26,27). The van der Waals surface area contributed by atoms with E-state index in [1.807, 2.05) is 19.1 Å². The zero-order valence-corrected chi connectivity index (χ0v) is 17.5. The minimum atomic E-state index is -0.417. The normalized spacial score (nSPS) is 19.1. The van der Waals surface area contributed by atoms with E-state index in [2.05, 4.69) is 27.5 Å². The Kier molecular flexibility index (Phi) is 5.81. The van der Waals surface area contributed by atoms with Crippen LogP contribution in [0.2, 0.25) is 0 Å². The highest BCUT2D eigenvalue weighted by molar-refractivity contribution is 6.04. The van der Waals surface area contributed by atoms with Crippen LogP contribution in [0.5, 0.6) is 11.5 Å². The molecular weight excluding hydrogens is 384 g/mol. The number of hydrogen-bond donors (Lipinski definition) is 2. The predicted molar refractivity (Wildman–Crippen MR) is 116 cm³/mol. The number of fused-ring (bicyclic) bond motifs is 1. The van der Waals surface area contributed by atoms with Crippen LogP contribution in [0.4, 0.5) is 21.8 Å². The molecule has 2 N–H and O–H groups in total. The summed E-state index contributed by atoms with van der Waals surface area (Å²) in [5, 5.41) is 6.00. The van der Waals surface area contributed by atoms with Crippen LogP contribution in [0, 0.1) is 12.7 Å². The van der Waals surface area contributed by atoms with Crippen molar-refractivity contribution in [3.05, 3.63) is 35.3 Å². The van der Waals surface area contributed by atoms with Gasteiger partial charge in [0.05, 0.1) is 11.3 Å². The fraction of sp³-hybridized carbons (Fsp3) is 0.429. The molecule has 0 saturated carbocycles. The number of rotatable bonds is 4. The van der Waals surface area contributed by atoms with Crippen LogP contribution in [0.1, 0.15) is 31.0 Å². The molecule has 0 amide bonds. The summed E-state index contributed by atoms with van der Waals surface area (Å²) in [7, 11) is 7.84. The van der Waals surface area contributed by atoms with Gasteiger partial charge in [0.1, 0.15) is 19.0 Å². The molecule has 1 unspecified atom stereocenters. The molecule has 0 bridgehead atoms. The van der Waals surface area contributed by atoms with Crippen LogP contribution in [0.15, 0.2) is 18.2 Å². The summed E-state index contributed by atoms with van der Waals surface area (Å²) in [4.78, 5) is 10.5. The molecule has 2 radical (unpaired) electrons. The van der Waals surface area contributed by atoms with Gasteiger partial charge in [-0.25, -0.2) is 9.37 Å². The smallest absolute Gasteiger partial charge is 0.229 e. The Hall–Kier alpha value is -2.81. The van der Waals surface area contributed by atoms with Gasteiger partial charge in [-0.1, -0.05) is 13.0 Å². The second kappa shape index (κ2) is 8.51. The van der Waals surface area contributed by atoms with Crippen molar-refractivity contribution in [3.8, 4) is 11.5 Å². The molecule has 4 rings (SSSR count). The molecule has 7 nitrogen and oxygen atoms in total. The van der Waals surface area contributed by atoms with E-state index in [1.54, 1.807) is 17.9 Å². The second-order valence-corrected chi connectivity index (χ2v) is 7.54. The van der Waals surface area contributed by atoms with Gasteiger partial charge in [0.25, 0.3) is 0 Å². The first-order valence-electron chi connectivity index (χ1n) is 10.1. The van der Waals surface area contributed by atoms with Crippen molar-refractivity contribution in [3.63, 3.8) is 0 Å². The van der Waals surface area contributed by atoms with Gasteiger partial charge in [-0.3, -0.25) is 0 Å². The van der Waals surface area contributed by atoms with Crippen molar-refractivity contribution in [2.75, 3.05) is 37.4 Å². The van der Waals surface area contributed by atoms with E-state index >= 15 is 4.39 Å². The van der Waals surface area contributed by atoms with Gasteiger partial charge in [-0.15, -0.1) is 0 Å². The van der Waals surface area contributed by atoms with Gasteiger partial charge in [0.2, 0.25) is 5.95 Å². The molecule has 0 saturated heterocycles. The van der Waals surface area contributed by atoms with E-state index in [9.17, 15) is 0 Å². The van der Waals surface area contributed by atoms with Crippen LogP contribution in [-0.4, -0.2) is 55.6 Å². The topological polar surface area (TPSA) is 71.5 Å². The van der Waals surface area contributed by atoms with Crippen molar-refractivity contribution < 1.29 is 13.9 Å². The molecule has 2 aromatic rings. The van der Waals surface area contributed by atoms with Crippen LogP contribution in [0.25, 0.3) is 5.57 Å². The summed E-state index contributed by atoms with van der Waals surface area (Å²) < 4.78 is 27.4. The Labute approximate surface area is 177 Å². The number of nitrogens with zero attached hydrogens (tertiary/aromatic N) is 3. The molecule has 2 aliphatic rings. The molecule has 0 spiro atoms. The first-order valence-corrected chi connectivity index (χ1v) is 10.1. The maximum Gasteiger partial charge on any atom is 0.229 e. The highest BCUT2D eigenvalue weighted by Gasteiger charge is 2.27. The number of nitrogens with one attached hydrogen (secondary N) is 2. The lowest BCUT2D eigenvalue weighted by Crippen LogP contribution is -2.29. The molecular formula is C21H25BFN5O2. The van der Waals surface area contributed by atoms with E-state index in [4.69, 9.17) is 17.5 Å². The number of aromatic nitrogens is 2. The van der Waals surface area contributed by atoms with Gasteiger partial charge < -0.3 is 24.9 Å². The minimum Gasteiger partial charge on any atom is -0.486 e. The zero-order chi connectivity index (χ0) is 21.3. The number of benzene rings is 1. The lowest BCUT2D eigenvalue weighted by Gasteiger charge is -2.24. The van der Waals surface area contributed by atoms with Crippen molar-refractivity contribution in [1.82, 2.24) is 14.8 Å². The molecule has 0 fully saturated rings. The Morgan fingerprint density at radius 1 is 1.23 bits per heavy atom. The lowest BCUT2D eigenvalue weighted by molar-refractivity contribution is 0.170. The number of aryl methyl sites for hydroxylation is 1. The largest absolute Gasteiger partial charge is 0.486 e. The Morgan fingerprint density at radius 3 is 2.83 bits per heavy atom. The van der Waals surface area contributed by atoms with Gasteiger partial charge in [0, 0.05) is 31.4 Å². The van der Waals surface area contributed by atoms with Crippen molar-refractivity contribution >= 4 is 31.0 Å². The number of hydrogen-bond acceptors (Lipinski definition) is 7. The van der Waals surface area contributed by atoms with Crippen LogP contribution in [0.3, 0.4) is 0 Å². The Balaban J connectivity index is 1.78. The first-order chi connectivity index (χ1) is 14.5.